The van der Waals surface area contributed by atoms with Crippen molar-refractivity contribution < 1.29 is 23.2 Å². The molecule has 0 spiro atoms. The summed E-state index contributed by atoms with van der Waals surface area (Å²) in [5.74, 6) is -0.700. The first kappa shape index (κ1) is 18.1. The van der Waals surface area contributed by atoms with Crippen molar-refractivity contribution in [2.75, 3.05) is 12.9 Å². The summed E-state index contributed by atoms with van der Waals surface area (Å²) in [7, 11) is -2.06. The van der Waals surface area contributed by atoms with E-state index in [-0.39, 0.29) is 34.1 Å². The van der Waals surface area contributed by atoms with Gasteiger partial charge in [-0.2, -0.15) is 5.10 Å². The molecule has 0 unspecified atom stereocenters. The first-order valence-corrected chi connectivity index (χ1v) is 9.73. The van der Waals surface area contributed by atoms with Gasteiger partial charge in [0.25, 0.3) is 0 Å². The van der Waals surface area contributed by atoms with Crippen molar-refractivity contribution in [3.63, 3.8) is 0 Å². The molecule has 1 aliphatic heterocycles. The molecule has 0 aliphatic carbocycles. The molecule has 26 heavy (non-hydrogen) atoms. The summed E-state index contributed by atoms with van der Waals surface area (Å²) in [6, 6.07) is 2.88. The highest BCUT2D eigenvalue weighted by Crippen LogP contribution is 2.32. The average molecular weight is 377 g/mol. The monoisotopic (exact) mass is 377 g/mol. The summed E-state index contributed by atoms with van der Waals surface area (Å²) in [5, 5.41) is 18.1. The Hall–Kier alpha value is -2.68. The fourth-order valence-electron chi connectivity index (χ4n) is 3.13. The van der Waals surface area contributed by atoms with E-state index in [1.165, 1.54) is 30.1 Å². The van der Waals surface area contributed by atoms with Crippen molar-refractivity contribution in [2.45, 2.75) is 31.7 Å². The van der Waals surface area contributed by atoms with Gasteiger partial charge in [0, 0.05) is 24.1 Å². The van der Waals surface area contributed by atoms with E-state index < -0.39 is 15.6 Å². The number of sulfone groups is 1. The number of carbonyl (C=O) groups is 1. The summed E-state index contributed by atoms with van der Waals surface area (Å²) in [6.07, 6.45) is 1.52. The Balaban J connectivity index is 2.19. The number of fused-ring (bicyclic) bond motifs is 1. The van der Waals surface area contributed by atoms with Crippen LogP contribution >= 0.6 is 0 Å². The van der Waals surface area contributed by atoms with Crippen molar-refractivity contribution in [2.24, 2.45) is 5.16 Å². The van der Waals surface area contributed by atoms with E-state index >= 15 is 0 Å². The Morgan fingerprint density at radius 3 is 2.73 bits per heavy atom. The lowest BCUT2D eigenvalue weighted by Crippen LogP contribution is -2.24. The smallest absolute Gasteiger partial charge is 0.220 e. The van der Waals surface area contributed by atoms with Gasteiger partial charge in [-0.3, -0.25) is 4.79 Å². The van der Waals surface area contributed by atoms with Crippen LogP contribution in [0.3, 0.4) is 0 Å². The topological polar surface area (TPSA) is 111 Å². The molecule has 2 heterocycles. The fourth-order valence-corrected chi connectivity index (χ4v) is 4.67. The van der Waals surface area contributed by atoms with Crippen molar-refractivity contribution in [3.05, 3.63) is 40.6 Å². The zero-order chi connectivity index (χ0) is 19.1. The van der Waals surface area contributed by atoms with E-state index in [1.807, 2.05) is 0 Å². The van der Waals surface area contributed by atoms with E-state index in [0.717, 1.165) is 0 Å². The van der Waals surface area contributed by atoms with E-state index in [4.69, 9.17) is 4.84 Å². The van der Waals surface area contributed by atoms with Crippen LogP contribution in [0.15, 0.2) is 28.4 Å². The molecule has 0 bridgehead atoms. The summed E-state index contributed by atoms with van der Waals surface area (Å²) in [4.78, 5) is 17.9. The van der Waals surface area contributed by atoms with Crippen LogP contribution in [0.4, 0.5) is 0 Å². The fraction of sp³-hybridized carbons (Fsp3) is 0.353. The van der Waals surface area contributed by atoms with Gasteiger partial charge in [-0.1, -0.05) is 5.16 Å². The molecular weight excluding hydrogens is 358 g/mol. The molecule has 0 saturated heterocycles. The lowest BCUT2D eigenvalue weighted by Gasteiger charge is -2.21. The number of nitrogens with zero attached hydrogens (tertiary/aromatic N) is 3. The number of carbonyl (C=O) groups excluding carboxylic acids is 1. The molecule has 3 rings (SSSR count). The van der Waals surface area contributed by atoms with Gasteiger partial charge in [-0.25, -0.2) is 13.1 Å². The van der Waals surface area contributed by atoms with E-state index in [1.54, 1.807) is 13.8 Å². The van der Waals surface area contributed by atoms with Crippen molar-refractivity contribution in [1.82, 2.24) is 9.78 Å². The molecule has 8 nitrogen and oxygen atoms in total. The minimum absolute atomic E-state index is 0.0566. The third kappa shape index (κ3) is 2.78. The number of benzene rings is 1. The highest BCUT2D eigenvalue weighted by Gasteiger charge is 2.32. The number of aromatic hydroxyl groups is 1. The second-order valence-corrected chi connectivity index (χ2v) is 8.00. The van der Waals surface area contributed by atoms with E-state index in [0.29, 0.717) is 23.4 Å². The summed E-state index contributed by atoms with van der Waals surface area (Å²) in [5.41, 5.74) is 1.72. The Labute approximate surface area is 151 Å². The van der Waals surface area contributed by atoms with Crippen molar-refractivity contribution in [1.29, 1.82) is 0 Å². The zero-order valence-corrected chi connectivity index (χ0v) is 15.5. The molecule has 0 radical (unpaired) electrons. The van der Waals surface area contributed by atoms with Gasteiger partial charge in [0.15, 0.2) is 15.6 Å². The molecule has 1 aliphatic rings. The van der Waals surface area contributed by atoms with Gasteiger partial charge < -0.3 is 9.94 Å². The number of rotatable bonds is 4. The van der Waals surface area contributed by atoms with Crippen LogP contribution in [-0.4, -0.2) is 47.7 Å². The van der Waals surface area contributed by atoms with Gasteiger partial charge in [0.2, 0.25) is 5.88 Å². The second-order valence-electron chi connectivity index (χ2n) is 5.93. The van der Waals surface area contributed by atoms with Crippen molar-refractivity contribution >= 4 is 21.3 Å². The summed E-state index contributed by atoms with van der Waals surface area (Å²) >= 11 is 0. The van der Waals surface area contributed by atoms with Crippen LogP contribution in [0, 0.1) is 6.92 Å². The van der Waals surface area contributed by atoms with E-state index in [9.17, 15) is 18.3 Å². The first-order valence-electron chi connectivity index (χ1n) is 8.08. The van der Waals surface area contributed by atoms with Crippen LogP contribution < -0.4 is 0 Å². The molecule has 1 aromatic carbocycles. The number of hydrogen-bond donors (Lipinski definition) is 1. The van der Waals surface area contributed by atoms with Crippen LogP contribution in [0.1, 0.15) is 40.4 Å². The first-order chi connectivity index (χ1) is 12.3. The number of aryl methyl sites for hydroxylation is 1. The number of ketones is 1. The lowest BCUT2D eigenvalue weighted by atomic mass is 9.93. The predicted molar refractivity (Wildman–Crippen MR) is 94.4 cm³/mol. The highest BCUT2D eigenvalue weighted by atomic mass is 32.2. The third-order valence-corrected chi connectivity index (χ3v) is 6.21. The standard InChI is InChI=1S/C17H19N3O5S/c1-4-20-17(22)12(9-18-20)16(21)11-5-6-14-15(10(11)2)13(19-25-3)7-8-26(14,23)24/h5-6,9,22H,4,7-8H2,1-3H3. The molecule has 0 atom stereocenters. The number of hydrogen-bond acceptors (Lipinski definition) is 7. The van der Waals surface area contributed by atoms with Crippen LogP contribution in [0.2, 0.25) is 0 Å². The molecule has 0 fully saturated rings. The van der Waals surface area contributed by atoms with E-state index in [2.05, 4.69) is 10.3 Å². The zero-order valence-electron chi connectivity index (χ0n) is 14.7. The Morgan fingerprint density at radius 1 is 1.38 bits per heavy atom. The molecule has 1 aromatic heterocycles. The number of aromatic nitrogens is 2. The van der Waals surface area contributed by atoms with Gasteiger partial charge >= 0.3 is 0 Å². The summed E-state index contributed by atoms with van der Waals surface area (Å²) < 4.78 is 26.1. The van der Waals surface area contributed by atoms with Crippen molar-refractivity contribution in [3.8, 4) is 5.88 Å². The van der Waals surface area contributed by atoms with Gasteiger partial charge in [-0.05, 0) is 31.5 Å². The maximum absolute atomic E-state index is 12.9. The highest BCUT2D eigenvalue weighted by molar-refractivity contribution is 7.91. The predicted octanol–water partition coefficient (Wildman–Crippen LogP) is 1.68. The minimum Gasteiger partial charge on any atom is -0.493 e. The van der Waals surface area contributed by atoms with Gasteiger partial charge in [0.05, 0.1) is 22.6 Å². The largest absolute Gasteiger partial charge is 0.493 e. The molecule has 9 heteroatoms. The second kappa shape index (κ2) is 6.56. The van der Waals surface area contributed by atoms with Gasteiger partial charge in [-0.15, -0.1) is 0 Å². The summed E-state index contributed by atoms with van der Waals surface area (Å²) in [6.45, 7) is 3.88. The molecule has 0 amide bonds. The van der Waals surface area contributed by atoms with Crippen LogP contribution in [-0.2, 0) is 21.2 Å². The molecule has 1 N–H and O–H groups in total. The lowest BCUT2D eigenvalue weighted by molar-refractivity contribution is 0.103. The van der Waals surface area contributed by atoms with Crippen LogP contribution in [0.5, 0.6) is 5.88 Å². The Morgan fingerprint density at radius 2 is 2.12 bits per heavy atom. The minimum atomic E-state index is -3.44. The normalized spacial score (nSPS) is 17.1. The molecular formula is C17H19N3O5S. The quantitative estimate of drug-likeness (QED) is 0.641. The maximum atomic E-state index is 12.9. The Kier molecular flexibility index (Phi) is 4.57. The number of oxime groups is 1. The average Bonchev–Trinajstić information content (AvgIpc) is 2.98. The van der Waals surface area contributed by atoms with Crippen LogP contribution in [0.25, 0.3) is 0 Å². The van der Waals surface area contributed by atoms with Gasteiger partial charge in [0.1, 0.15) is 12.7 Å². The maximum Gasteiger partial charge on any atom is 0.220 e. The molecule has 0 saturated carbocycles. The molecule has 2 aromatic rings. The SMILES string of the molecule is CCn1ncc(C(=O)c2ccc3c(c2C)C(=NOC)CCS3(=O)=O)c1O. The Bertz CT molecular complexity index is 1020. The molecule has 138 valence electrons. The third-order valence-electron chi connectivity index (χ3n) is 4.46.